The predicted molar refractivity (Wildman–Crippen MR) is 77.0 cm³/mol. The molecule has 0 aromatic heterocycles. The smallest absolute Gasteiger partial charge is 0.326 e. The summed E-state index contributed by atoms with van der Waals surface area (Å²) in [5.74, 6) is -1.69. The molecule has 0 unspecified atom stereocenters. The maximum Gasteiger partial charge on any atom is 0.326 e. The van der Waals surface area contributed by atoms with Crippen LogP contribution in [-0.4, -0.2) is 67.3 Å². The van der Waals surface area contributed by atoms with E-state index in [-0.39, 0.29) is 12.8 Å². The number of nitrogens with one attached hydrogen (secondary N) is 2. The maximum atomic E-state index is 11.6. The Morgan fingerprint density at radius 3 is 2.33 bits per heavy atom. The van der Waals surface area contributed by atoms with Crippen LogP contribution in [0.1, 0.15) is 26.7 Å². The number of hydrogen-bond acceptors (Lipinski definition) is 5. The average Bonchev–Trinajstić information content (AvgIpc) is 2.47. The third-order valence-electron chi connectivity index (χ3n) is 3.08. The molecule has 0 saturated heterocycles. The minimum absolute atomic E-state index is 0.00846. The molecule has 0 aliphatic heterocycles. The van der Waals surface area contributed by atoms with Crippen molar-refractivity contribution in [2.75, 3.05) is 33.3 Å². The highest BCUT2D eigenvalue weighted by atomic mass is 16.5. The lowest BCUT2D eigenvalue weighted by Crippen LogP contribution is -2.47. The molecule has 0 aliphatic rings. The van der Waals surface area contributed by atoms with E-state index in [1.165, 1.54) is 7.11 Å². The zero-order valence-corrected chi connectivity index (χ0v) is 12.8. The molecular weight excluding hydrogens is 278 g/mol. The van der Waals surface area contributed by atoms with Crippen LogP contribution >= 0.6 is 0 Å². The molecule has 0 heterocycles. The van der Waals surface area contributed by atoms with Crippen molar-refractivity contribution in [3.63, 3.8) is 0 Å². The number of hydrogen-bond donors (Lipinski definition) is 3. The Bertz CT molecular complexity index is 345. The van der Waals surface area contributed by atoms with Crippen molar-refractivity contribution in [1.82, 2.24) is 15.5 Å². The van der Waals surface area contributed by atoms with E-state index >= 15 is 0 Å². The second-order valence-electron chi connectivity index (χ2n) is 4.43. The molecule has 0 bridgehead atoms. The first-order valence-electron chi connectivity index (χ1n) is 7.00. The van der Waals surface area contributed by atoms with Gasteiger partial charge < -0.3 is 25.4 Å². The first kappa shape index (κ1) is 19.2. The summed E-state index contributed by atoms with van der Waals surface area (Å²) in [4.78, 5) is 35.7. The van der Waals surface area contributed by atoms with Crippen molar-refractivity contribution in [2.45, 2.75) is 32.7 Å². The molecule has 0 saturated carbocycles. The summed E-state index contributed by atoms with van der Waals surface area (Å²) in [6.45, 7) is 6.94. The molecule has 8 heteroatoms. The van der Waals surface area contributed by atoms with E-state index in [0.29, 0.717) is 13.1 Å². The standard InChI is InChI=1S/C13H25N3O5/c1-4-16(5-2)9-8-14-13(20)15-10(12(18)19)6-7-11(17)21-3/h10H,4-9H2,1-3H3,(H,18,19)(H2,14,15,20)/t10-/m1/s1. The van der Waals surface area contributed by atoms with Crippen molar-refractivity contribution in [1.29, 1.82) is 0 Å². The van der Waals surface area contributed by atoms with Gasteiger partial charge in [0.25, 0.3) is 0 Å². The van der Waals surface area contributed by atoms with Gasteiger partial charge in [0.2, 0.25) is 0 Å². The number of methoxy groups -OCH3 is 1. The van der Waals surface area contributed by atoms with E-state index in [2.05, 4.69) is 20.3 Å². The van der Waals surface area contributed by atoms with Crippen LogP contribution in [0.5, 0.6) is 0 Å². The predicted octanol–water partition coefficient (Wildman–Crippen LogP) is 0.0338. The number of ether oxygens (including phenoxy) is 1. The topological polar surface area (TPSA) is 108 Å². The Morgan fingerprint density at radius 2 is 1.86 bits per heavy atom. The lowest BCUT2D eigenvalue weighted by Gasteiger charge is -2.19. The van der Waals surface area contributed by atoms with E-state index in [9.17, 15) is 14.4 Å². The molecule has 0 radical (unpaired) electrons. The molecule has 122 valence electrons. The molecule has 0 aromatic carbocycles. The number of carboxylic acid groups (broad SMARTS) is 1. The molecule has 0 rings (SSSR count). The van der Waals surface area contributed by atoms with Crippen molar-refractivity contribution in [2.24, 2.45) is 0 Å². The quantitative estimate of drug-likeness (QED) is 0.492. The first-order valence-corrected chi connectivity index (χ1v) is 7.00. The summed E-state index contributed by atoms with van der Waals surface area (Å²) in [6, 6.07) is -1.67. The van der Waals surface area contributed by atoms with Crippen LogP contribution in [-0.2, 0) is 14.3 Å². The SMILES string of the molecule is CCN(CC)CCNC(=O)N[C@H](CCC(=O)OC)C(=O)O. The molecule has 21 heavy (non-hydrogen) atoms. The van der Waals surface area contributed by atoms with Gasteiger partial charge in [-0.25, -0.2) is 9.59 Å². The first-order chi connectivity index (χ1) is 9.94. The van der Waals surface area contributed by atoms with E-state index in [1.807, 2.05) is 13.8 Å². The highest BCUT2D eigenvalue weighted by molar-refractivity contribution is 5.83. The molecule has 1 atom stereocenters. The van der Waals surface area contributed by atoms with Crippen LogP contribution in [0.25, 0.3) is 0 Å². The molecule has 0 spiro atoms. The zero-order valence-electron chi connectivity index (χ0n) is 12.8. The number of rotatable bonds is 10. The minimum Gasteiger partial charge on any atom is -0.480 e. The summed E-state index contributed by atoms with van der Waals surface area (Å²) in [7, 11) is 1.23. The van der Waals surface area contributed by atoms with Gasteiger partial charge in [0.05, 0.1) is 7.11 Å². The van der Waals surface area contributed by atoms with Crippen LogP contribution in [0.4, 0.5) is 4.79 Å². The summed E-state index contributed by atoms with van der Waals surface area (Å²) in [6.07, 6.45) is -0.0708. The number of carbonyl (C=O) groups is 3. The molecule has 0 aliphatic carbocycles. The fourth-order valence-corrected chi connectivity index (χ4v) is 1.70. The summed E-state index contributed by atoms with van der Waals surface area (Å²) in [5, 5.41) is 13.9. The molecular formula is C13H25N3O5. The number of nitrogens with zero attached hydrogens (tertiary/aromatic N) is 1. The van der Waals surface area contributed by atoms with Gasteiger partial charge in [-0.1, -0.05) is 13.8 Å². The summed E-state index contributed by atoms with van der Waals surface area (Å²) in [5.41, 5.74) is 0. The Balaban J connectivity index is 4.11. The van der Waals surface area contributed by atoms with Gasteiger partial charge in [-0.05, 0) is 19.5 Å². The largest absolute Gasteiger partial charge is 0.480 e. The monoisotopic (exact) mass is 303 g/mol. The van der Waals surface area contributed by atoms with Gasteiger partial charge in [-0.15, -0.1) is 0 Å². The molecule has 0 fully saturated rings. The zero-order chi connectivity index (χ0) is 16.3. The van der Waals surface area contributed by atoms with Gasteiger partial charge >= 0.3 is 18.0 Å². The molecule has 0 aromatic rings. The van der Waals surface area contributed by atoms with Crippen molar-refractivity contribution < 1.29 is 24.2 Å². The minimum atomic E-state index is -1.18. The van der Waals surface area contributed by atoms with Gasteiger partial charge in [0.15, 0.2) is 0 Å². The normalized spacial score (nSPS) is 11.8. The van der Waals surface area contributed by atoms with Crippen LogP contribution in [0, 0.1) is 0 Å². The van der Waals surface area contributed by atoms with Crippen LogP contribution < -0.4 is 10.6 Å². The molecule has 8 nitrogen and oxygen atoms in total. The fraction of sp³-hybridized carbons (Fsp3) is 0.769. The van der Waals surface area contributed by atoms with Crippen molar-refractivity contribution in [3.8, 4) is 0 Å². The van der Waals surface area contributed by atoms with Gasteiger partial charge in [0.1, 0.15) is 6.04 Å². The number of carboxylic acids is 1. The third-order valence-corrected chi connectivity index (χ3v) is 3.08. The number of likely N-dealkylation sites (N-methyl/N-ethyl adjacent to an activating group) is 1. The van der Waals surface area contributed by atoms with Gasteiger partial charge in [0, 0.05) is 19.5 Å². The highest BCUT2D eigenvalue weighted by Gasteiger charge is 2.21. The molecule has 3 N–H and O–H groups in total. The van der Waals surface area contributed by atoms with Crippen molar-refractivity contribution >= 4 is 18.0 Å². The number of carbonyl (C=O) groups excluding carboxylic acids is 2. The average molecular weight is 303 g/mol. The molecule has 2 amide bonds. The third kappa shape index (κ3) is 8.85. The lowest BCUT2D eigenvalue weighted by atomic mass is 10.1. The van der Waals surface area contributed by atoms with E-state index < -0.39 is 24.0 Å². The van der Waals surface area contributed by atoms with Crippen LogP contribution in [0.2, 0.25) is 0 Å². The number of amides is 2. The van der Waals surface area contributed by atoms with E-state index in [1.54, 1.807) is 0 Å². The Labute approximate surface area is 124 Å². The number of aliphatic carboxylic acids is 1. The Kier molecular flexibility index (Phi) is 9.95. The lowest BCUT2D eigenvalue weighted by molar-refractivity contribution is -0.142. The fourth-order valence-electron chi connectivity index (χ4n) is 1.70. The van der Waals surface area contributed by atoms with Crippen molar-refractivity contribution in [3.05, 3.63) is 0 Å². The summed E-state index contributed by atoms with van der Waals surface area (Å²) < 4.78 is 4.44. The Hall–Kier alpha value is -1.83. The van der Waals surface area contributed by atoms with Crippen LogP contribution in [0.15, 0.2) is 0 Å². The number of urea groups is 1. The van der Waals surface area contributed by atoms with Crippen LogP contribution in [0.3, 0.4) is 0 Å². The van der Waals surface area contributed by atoms with E-state index in [0.717, 1.165) is 13.1 Å². The summed E-state index contributed by atoms with van der Waals surface area (Å²) >= 11 is 0. The Morgan fingerprint density at radius 1 is 1.24 bits per heavy atom. The second-order valence-corrected chi connectivity index (χ2v) is 4.43. The highest BCUT2D eigenvalue weighted by Crippen LogP contribution is 1.99. The van der Waals surface area contributed by atoms with E-state index in [4.69, 9.17) is 5.11 Å². The number of esters is 1. The van der Waals surface area contributed by atoms with Gasteiger partial charge in [-0.3, -0.25) is 4.79 Å². The second kappa shape index (κ2) is 10.9. The maximum absolute atomic E-state index is 11.6. The van der Waals surface area contributed by atoms with Gasteiger partial charge in [-0.2, -0.15) is 0 Å².